The molecule has 0 radical (unpaired) electrons. The summed E-state index contributed by atoms with van der Waals surface area (Å²) >= 11 is 12.0. The molecule has 0 heterocycles. The Morgan fingerprint density at radius 1 is 1.33 bits per heavy atom. The molecular weight excluding hydrogens is 273 g/mol. The Morgan fingerprint density at radius 3 is 2.72 bits per heavy atom. The van der Waals surface area contributed by atoms with Crippen LogP contribution >= 0.6 is 23.2 Å². The second-order valence-electron chi connectivity index (χ2n) is 4.14. The molecule has 3 nitrogen and oxygen atoms in total. The Kier molecular flexibility index (Phi) is 6.47. The Bertz CT molecular complexity index is 410. The number of rotatable bonds is 6. The second-order valence-corrected chi connectivity index (χ2v) is 4.93. The van der Waals surface area contributed by atoms with Gasteiger partial charge in [0.1, 0.15) is 0 Å². The lowest BCUT2D eigenvalue weighted by molar-refractivity contribution is -0.130. The van der Waals surface area contributed by atoms with E-state index in [0.29, 0.717) is 35.9 Å². The Labute approximate surface area is 117 Å². The van der Waals surface area contributed by atoms with Gasteiger partial charge in [0.15, 0.2) is 0 Å². The number of amides is 1. The first-order chi connectivity index (χ1) is 8.56. The molecule has 1 amide bonds. The van der Waals surface area contributed by atoms with E-state index in [-0.39, 0.29) is 12.5 Å². The molecule has 0 aromatic heterocycles. The van der Waals surface area contributed by atoms with Crippen molar-refractivity contribution in [2.45, 2.75) is 25.8 Å². The van der Waals surface area contributed by atoms with Crippen LogP contribution in [0.5, 0.6) is 0 Å². The van der Waals surface area contributed by atoms with Crippen molar-refractivity contribution in [1.82, 2.24) is 4.90 Å². The molecule has 5 heteroatoms. The maximum absolute atomic E-state index is 11.8. The third-order valence-corrected chi connectivity index (χ3v) is 3.52. The highest BCUT2D eigenvalue weighted by molar-refractivity contribution is 6.42. The molecule has 1 aromatic rings. The van der Waals surface area contributed by atoms with E-state index in [1.54, 1.807) is 18.0 Å². The number of benzene rings is 1. The highest BCUT2D eigenvalue weighted by atomic mass is 35.5. The standard InChI is InChI=1S/C13H17Cl2NO2/c1-16(12(18)7-2-3-8-17)9-10-5-4-6-11(14)13(10)15/h4-6,17H,2-3,7-9H2,1H3. The summed E-state index contributed by atoms with van der Waals surface area (Å²) in [6.07, 6.45) is 1.79. The van der Waals surface area contributed by atoms with Crippen molar-refractivity contribution in [3.8, 4) is 0 Å². The summed E-state index contributed by atoms with van der Waals surface area (Å²) in [4.78, 5) is 13.4. The number of aliphatic hydroxyl groups excluding tert-OH is 1. The number of carbonyl (C=O) groups is 1. The minimum atomic E-state index is 0.0412. The number of hydrogen-bond acceptors (Lipinski definition) is 2. The molecule has 0 aliphatic rings. The molecule has 18 heavy (non-hydrogen) atoms. The van der Waals surface area contributed by atoms with E-state index in [0.717, 1.165) is 5.56 Å². The minimum Gasteiger partial charge on any atom is -0.396 e. The van der Waals surface area contributed by atoms with Crippen molar-refractivity contribution < 1.29 is 9.90 Å². The first kappa shape index (κ1) is 15.3. The van der Waals surface area contributed by atoms with E-state index < -0.39 is 0 Å². The Hall–Kier alpha value is -0.770. The van der Waals surface area contributed by atoms with E-state index >= 15 is 0 Å². The van der Waals surface area contributed by atoms with Gasteiger partial charge in [-0.1, -0.05) is 35.3 Å². The summed E-state index contributed by atoms with van der Waals surface area (Å²) in [6.45, 7) is 0.564. The van der Waals surface area contributed by atoms with Crippen LogP contribution in [0.1, 0.15) is 24.8 Å². The first-order valence-electron chi connectivity index (χ1n) is 5.84. The molecule has 0 aliphatic heterocycles. The number of carbonyl (C=O) groups excluding carboxylic acids is 1. The predicted octanol–water partition coefficient (Wildman–Crippen LogP) is 3.11. The topological polar surface area (TPSA) is 40.5 Å². The van der Waals surface area contributed by atoms with E-state index in [1.807, 2.05) is 12.1 Å². The van der Waals surface area contributed by atoms with E-state index in [4.69, 9.17) is 28.3 Å². The summed E-state index contributed by atoms with van der Waals surface area (Å²) in [5.41, 5.74) is 0.835. The summed E-state index contributed by atoms with van der Waals surface area (Å²) < 4.78 is 0. The summed E-state index contributed by atoms with van der Waals surface area (Å²) in [5, 5.41) is 9.65. The normalized spacial score (nSPS) is 10.4. The van der Waals surface area contributed by atoms with Crippen molar-refractivity contribution in [1.29, 1.82) is 0 Å². The third kappa shape index (κ3) is 4.48. The highest BCUT2D eigenvalue weighted by Gasteiger charge is 2.11. The molecule has 100 valence electrons. The van der Waals surface area contributed by atoms with Crippen LogP contribution < -0.4 is 0 Å². The molecule has 0 bridgehead atoms. The monoisotopic (exact) mass is 289 g/mol. The average Bonchev–Trinajstić information content (AvgIpc) is 2.35. The maximum Gasteiger partial charge on any atom is 0.222 e. The SMILES string of the molecule is CN(Cc1cccc(Cl)c1Cl)C(=O)CCCCO. The van der Waals surface area contributed by atoms with Gasteiger partial charge < -0.3 is 10.0 Å². The quantitative estimate of drug-likeness (QED) is 0.818. The number of hydrogen-bond donors (Lipinski definition) is 1. The molecule has 0 spiro atoms. The summed E-state index contributed by atoms with van der Waals surface area (Å²) in [6, 6.07) is 5.38. The zero-order valence-electron chi connectivity index (χ0n) is 10.3. The van der Waals surface area contributed by atoms with Crippen LogP contribution in [0.25, 0.3) is 0 Å². The van der Waals surface area contributed by atoms with E-state index in [2.05, 4.69) is 0 Å². The van der Waals surface area contributed by atoms with Gasteiger partial charge in [-0.05, 0) is 24.5 Å². The van der Waals surface area contributed by atoms with Gasteiger partial charge >= 0.3 is 0 Å². The zero-order chi connectivity index (χ0) is 13.5. The van der Waals surface area contributed by atoms with E-state index in [1.165, 1.54) is 0 Å². The number of halogens is 2. The lowest BCUT2D eigenvalue weighted by Gasteiger charge is -2.18. The molecule has 1 N–H and O–H groups in total. The van der Waals surface area contributed by atoms with Crippen molar-refractivity contribution in [2.24, 2.45) is 0 Å². The van der Waals surface area contributed by atoms with Gasteiger partial charge in [0, 0.05) is 26.6 Å². The fourth-order valence-corrected chi connectivity index (χ4v) is 1.97. The number of aliphatic hydroxyl groups is 1. The zero-order valence-corrected chi connectivity index (χ0v) is 11.8. The molecule has 0 atom stereocenters. The van der Waals surface area contributed by atoms with Crippen LogP contribution in [-0.2, 0) is 11.3 Å². The maximum atomic E-state index is 11.8. The fourth-order valence-electron chi connectivity index (χ4n) is 1.59. The summed E-state index contributed by atoms with van der Waals surface area (Å²) in [7, 11) is 1.73. The Morgan fingerprint density at radius 2 is 2.06 bits per heavy atom. The van der Waals surface area contributed by atoms with Gasteiger partial charge in [-0.15, -0.1) is 0 Å². The Balaban J connectivity index is 2.56. The molecule has 0 saturated carbocycles. The van der Waals surface area contributed by atoms with E-state index in [9.17, 15) is 4.79 Å². The third-order valence-electron chi connectivity index (χ3n) is 2.66. The van der Waals surface area contributed by atoms with Crippen LogP contribution in [0.4, 0.5) is 0 Å². The number of nitrogens with zero attached hydrogens (tertiary/aromatic N) is 1. The lowest BCUT2D eigenvalue weighted by atomic mass is 10.2. The van der Waals surface area contributed by atoms with Crippen LogP contribution in [-0.4, -0.2) is 29.6 Å². The van der Waals surface area contributed by atoms with Crippen LogP contribution in [0.3, 0.4) is 0 Å². The lowest BCUT2D eigenvalue weighted by Crippen LogP contribution is -2.26. The second kappa shape index (κ2) is 7.62. The smallest absolute Gasteiger partial charge is 0.222 e. The van der Waals surface area contributed by atoms with Gasteiger partial charge in [0.2, 0.25) is 5.91 Å². The molecule has 1 aromatic carbocycles. The average molecular weight is 290 g/mol. The fraction of sp³-hybridized carbons (Fsp3) is 0.462. The van der Waals surface area contributed by atoms with Gasteiger partial charge in [0.25, 0.3) is 0 Å². The minimum absolute atomic E-state index is 0.0412. The van der Waals surface area contributed by atoms with Gasteiger partial charge in [-0.2, -0.15) is 0 Å². The molecule has 1 rings (SSSR count). The summed E-state index contributed by atoms with van der Waals surface area (Å²) in [5.74, 6) is 0.0412. The van der Waals surface area contributed by atoms with Crippen LogP contribution in [0, 0.1) is 0 Å². The van der Waals surface area contributed by atoms with Crippen LogP contribution in [0.15, 0.2) is 18.2 Å². The highest BCUT2D eigenvalue weighted by Crippen LogP contribution is 2.26. The van der Waals surface area contributed by atoms with Crippen molar-refractivity contribution in [3.05, 3.63) is 33.8 Å². The van der Waals surface area contributed by atoms with Crippen molar-refractivity contribution in [3.63, 3.8) is 0 Å². The molecule has 0 fully saturated rings. The van der Waals surface area contributed by atoms with Crippen molar-refractivity contribution in [2.75, 3.05) is 13.7 Å². The predicted molar refractivity (Wildman–Crippen MR) is 73.9 cm³/mol. The van der Waals surface area contributed by atoms with Gasteiger partial charge in [-0.25, -0.2) is 0 Å². The molecule has 0 saturated heterocycles. The van der Waals surface area contributed by atoms with Gasteiger partial charge in [-0.3, -0.25) is 4.79 Å². The largest absolute Gasteiger partial charge is 0.396 e. The van der Waals surface area contributed by atoms with Crippen LogP contribution in [0.2, 0.25) is 10.0 Å². The number of unbranched alkanes of at least 4 members (excludes halogenated alkanes) is 1. The first-order valence-corrected chi connectivity index (χ1v) is 6.59. The molecule has 0 unspecified atom stereocenters. The van der Waals surface area contributed by atoms with Gasteiger partial charge in [0.05, 0.1) is 10.0 Å². The molecule has 0 aliphatic carbocycles. The molecular formula is C13H17Cl2NO2. The van der Waals surface area contributed by atoms with Crippen molar-refractivity contribution >= 4 is 29.1 Å².